The van der Waals surface area contributed by atoms with Crippen LogP contribution in [0.4, 0.5) is 11.4 Å². The molecule has 3 heteroatoms. The molecule has 0 aliphatic carbocycles. The van der Waals surface area contributed by atoms with Gasteiger partial charge in [0.25, 0.3) is 0 Å². The van der Waals surface area contributed by atoms with E-state index in [4.69, 9.17) is 5.11 Å². The summed E-state index contributed by atoms with van der Waals surface area (Å²) in [6.07, 6.45) is 0.0603. The monoisotopic (exact) mass is 269 g/mol. The van der Waals surface area contributed by atoms with Crippen LogP contribution in [-0.2, 0) is 11.2 Å². The van der Waals surface area contributed by atoms with Crippen molar-refractivity contribution in [2.24, 2.45) is 0 Å². The van der Waals surface area contributed by atoms with E-state index in [0.29, 0.717) is 0 Å². The lowest BCUT2D eigenvalue weighted by Crippen LogP contribution is -2.01. The summed E-state index contributed by atoms with van der Waals surface area (Å²) in [4.78, 5) is 10.7. The minimum Gasteiger partial charge on any atom is -0.481 e. The zero-order valence-corrected chi connectivity index (χ0v) is 12.0. The van der Waals surface area contributed by atoms with E-state index in [-0.39, 0.29) is 6.42 Å². The van der Waals surface area contributed by atoms with Gasteiger partial charge in [-0.2, -0.15) is 0 Å². The molecule has 0 amide bonds. The van der Waals surface area contributed by atoms with Gasteiger partial charge in [-0.3, -0.25) is 4.79 Å². The van der Waals surface area contributed by atoms with Crippen molar-refractivity contribution in [2.75, 3.05) is 5.32 Å². The first-order valence-electron chi connectivity index (χ1n) is 6.61. The lowest BCUT2D eigenvalue weighted by atomic mass is 10.1. The number of carboxylic acid groups (broad SMARTS) is 1. The summed E-state index contributed by atoms with van der Waals surface area (Å²) in [5.74, 6) is -0.806. The molecule has 2 rings (SSSR count). The van der Waals surface area contributed by atoms with Crippen molar-refractivity contribution in [2.45, 2.75) is 27.2 Å². The Balaban J connectivity index is 2.21. The maximum atomic E-state index is 10.7. The number of carboxylic acids is 1. The van der Waals surface area contributed by atoms with Crippen molar-refractivity contribution in [1.29, 1.82) is 0 Å². The summed E-state index contributed by atoms with van der Waals surface area (Å²) in [6, 6.07) is 11.9. The highest BCUT2D eigenvalue weighted by Gasteiger charge is 2.04. The molecule has 0 radical (unpaired) electrons. The zero-order valence-electron chi connectivity index (χ0n) is 12.0. The Morgan fingerprint density at radius 2 is 1.75 bits per heavy atom. The van der Waals surface area contributed by atoms with Gasteiger partial charge in [-0.25, -0.2) is 0 Å². The molecule has 0 atom stereocenters. The molecule has 20 heavy (non-hydrogen) atoms. The quantitative estimate of drug-likeness (QED) is 0.882. The minimum absolute atomic E-state index is 0.0603. The van der Waals surface area contributed by atoms with Crippen LogP contribution in [0.25, 0.3) is 0 Å². The molecule has 0 fully saturated rings. The second-order valence-corrected chi connectivity index (χ2v) is 5.14. The molecular formula is C17H19NO2. The standard InChI is InChI=1S/C17H19NO2/c1-11-4-6-15(9-12(11)2)18-16-7-5-14(8-13(16)3)10-17(19)20/h4-9,18H,10H2,1-3H3,(H,19,20). The molecule has 0 aromatic heterocycles. The Bertz CT molecular complexity index is 647. The van der Waals surface area contributed by atoms with Gasteiger partial charge in [0.1, 0.15) is 0 Å². The zero-order chi connectivity index (χ0) is 14.7. The van der Waals surface area contributed by atoms with Crippen LogP contribution in [-0.4, -0.2) is 11.1 Å². The fourth-order valence-electron chi connectivity index (χ4n) is 2.13. The molecule has 2 aromatic rings. The second-order valence-electron chi connectivity index (χ2n) is 5.14. The van der Waals surface area contributed by atoms with E-state index in [1.807, 2.05) is 31.2 Å². The number of benzene rings is 2. The molecule has 2 N–H and O–H groups in total. The molecule has 104 valence electrons. The summed E-state index contributed by atoms with van der Waals surface area (Å²) < 4.78 is 0. The van der Waals surface area contributed by atoms with Crippen LogP contribution >= 0.6 is 0 Å². The fourth-order valence-corrected chi connectivity index (χ4v) is 2.13. The third-order valence-corrected chi connectivity index (χ3v) is 3.43. The molecule has 0 bridgehead atoms. The van der Waals surface area contributed by atoms with Crippen molar-refractivity contribution in [3.05, 3.63) is 58.7 Å². The van der Waals surface area contributed by atoms with E-state index in [2.05, 4.69) is 31.3 Å². The van der Waals surface area contributed by atoms with Gasteiger partial charge in [-0.05, 0) is 61.2 Å². The van der Waals surface area contributed by atoms with Gasteiger partial charge in [0.2, 0.25) is 0 Å². The van der Waals surface area contributed by atoms with E-state index in [9.17, 15) is 4.79 Å². The number of hydrogen-bond acceptors (Lipinski definition) is 2. The van der Waals surface area contributed by atoms with Gasteiger partial charge >= 0.3 is 5.97 Å². The van der Waals surface area contributed by atoms with Crippen molar-refractivity contribution in [3.63, 3.8) is 0 Å². The Kier molecular flexibility index (Phi) is 4.08. The van der Waals surface area contributed by atoms with E-state index in [1.54, 1.807) is 0 Å². The maximum absolute atomic E-state index is 10.7. The molecular weight excluding hydrogens is 250 g/mol. The predicted molar refractivity (Wildman–Crippen MR) is 81.7 cm³/mol. The lowest BCUT2D eigenvalue weighted by molar-refractivity contribution is -0.136. The van der Waals surface area contributed by atoms with Crippen molar-refractivity contribution >= 4 is 17.3 Å². The van der Waals surface area contributed by atoms with Crippen LogP contribution in [0, 0.1) is 20.8 Å². The molecule has 0 aliphatic heterocycles. The topological polar surface area (TPSA) is 49.3 Å². The molecule has 0 saturated carbocycles. The number of aliphatic carboxylic acids is 1. The average Bonchev–Trinajstić information content (AvgIpc) is 2.36. The minimum atomic E-state index is -0.806. The number of anilines is 2. The molecule has 0 spiro atoms. The van der Waals surface area contributed by atoms with E-state index >= 15 is 0 Å². The lowest BCUT2D eigenvalue weighted by Gasteiger charge is -2.12. The molecule has 0 aliphatic rings. The first-order valence-corrected chi connectivity index (χ1v) is 6.61. The van der Waals surface area contributed by atoms with Gasteiger partial charge in [-0.15, -0.1) is 0 Å². The van der Waals surface area contributed by atoms with E-state index in [0.717, 1.165) is 22.5 Å². The summed E-state index contributed by atoms with van der Waals surface area (Å²) in [6.45, 7) is 6.16. The fraction of sp³-hybridized carbons (Fsp3) is 0.235. The van der Waals surface area contributed by atoms with Crippen LogP contribution in [0.2, 0.25) is 0 Å². The van der Waals surface area contributed by atoms with Crippen LogP contribution in [0.1, 0.15) is 22.3 Å². The molecule has 3 nitrogen and oxygen atoms in total. The number of aryl methyl sites for hydroxylation is 3. The number of carbonyl (C=O) groups is 1. The molecule has 0 unspecified atom stereocenters. The first kappa shape index (κ1) is 14.1. The van der Waals surface area contributed by atoms with Crippen LogP contribution in [0.3, 0.4) is 0 Å². The largest absolute Gasteiger partial charge is 0.481 e. The Hall–Kier alpha value is -2.29. The van der Waals surface area contributed by atoms with Crippen LogP contribution < -0.4 is 5.32 Å². The summed E-state index contributed by atoms with van der Waals surface area (Å²) in [7, 11) is 0. The second kappa shape index (κ2) is 5.78. The van der Waals surface area contributed by atoms with Crippen LogP contribution in [0.15, 0.2) is 36.4 Å². The number of hydrogen-bond donors (Lipinski definition) is 2. The van der Waals surface area contributed by atoms with Gasteiger partial charge in [0.15, 0.2) is 0 Å². The first-order chi connectivity index (χ1) is 9.45. The predicted octanol–water partition coefficient (Wildman–Crippen LogP) is 3.98. The normalized spacial score (nSPS) is 10.3. The Morgan fingerprint density at radius 1 is 1.00 bits per heavy atom. The summed E-state index contributed by atoms with van der Waals surface area (Å²) in [5.41, 5.74) is 6.42. The molecule has 2 aromatic carbocycles. The third-order valence-electron chi connectivity index (χ3n) is 3.43. The Morgan fingerprint density at radius 3 is 2.35 bits per heavy atom. The van der Waals surface area contributed by atoms with Gasteiger partial charge in [0, 0.05) is 11.4 Å². The maximum Gasteiger partial charge on any atom is 0.307 e. The number of rotatable bonds is 4. The molecule has 0 saturated heterocycles. The van der Waals surface area contributed by atoms with Crippen molar-refractivity contribution < 1.29 is 9.90 Å². The third kappa shape index (κ3) is 3.38. The summed E-state index contributed by atoms with van der Waals surface area (Å²) in [5, 5.41) is 12.2. The van der Waals surface area contributed by atoms with Crippen LogP contribution in [0.5, 0.6) is 0 Å². The number of nitrogens with one attached hydrogen (secondary N) is 1. The molecule has 0 heterocycles. The van der Waals surface area contributed by atoms with Gasteiger partial charge < -0.3 is 10.4 Å². The van der Waals surface area contributed by atoms with Gasteiger partial charge in [-0.1, -0.05) is 18.2 Å². The highest BCUT2D eigenvalue weighted by Crippen LogP contribution is 2.23. The summed E-state index contributed by atoms with van der Waals surface area (Å²) >= 11 is 0. The smallest absolute Gasteiger partial charge is 0.307 e. The van der Waals surface area contributed by atoms with Crippen molar-refractivity contribution in [1.82, 2.24) is 0 Å². The Labute approximate surface area is 119 Å². The average molecular weight is 269 g/mol. The van der Waals surface area contributed by atoms with E-state index < -0.39 is 5.97 Å². The highest BCUT2D eigenvalue weighted by atomic mass is 16.4. The SMILES string of the molecule is Cc1ccc(Nc2ccc(CC(=O)O)cc2C)cc1C. The highest BCUT2D eigenvalue weighted by molar-refractivity contribution is 5.71. The van der Waals surface area contributed by atoms with Crippen molar-refractivity contribution in [3.8, 4) is 0 Å². The van der Waals surface area contributed by atoms with E-state index in [1.165, 1.54) is 11.1 Å². The van der Waals surface area contributed by atoms with Gasteiger partial charge in [0.05, 0.1) is 6.42 Å².